The van der Waals surface area contributed by atoms with Crippen LogP contribution in [0.5, 0.6) is 0 Å². The zero-order chi connectivity index (χ0) is 24.3. The molecule has 2 aromatic rings. The average Bonchev–Trinajstić information content (AvgIpc) is 3.37. The predicted octanol–water partition coefficient (Wildman–Crippen LogP) is -0.809. The van der Waals surface area contributed by atoms with E-state index in [2.05, 4.69) is 25.9 Å². The van der Waals surface area contributed by atoms with Gasteiger partial charge in [-0.05, 0) is 11.5 Å². The number of likely N-dealkylation sites (tertiary alicyclic amines) is 1. The molecule has 4 N–H and O–H groups in total. The fraction of sp³-hybridized carbons (Fsp3) is 0.524. The summed E-state index contributed by atoms with van der Waals surface area (Å²) in [5.41, 5.74) is -0.171. The standard InChI is InChI=1S/C21H29N7O5/c1-21(2,3)17(20(33)27-11-14(29)7-15(27)19(32)22-4)28-10-13(25-26-28)9-24-18(31)12-5-6-16(30)23-8-12/h5-6,8,10,14-15,17,29H,7,9,11H2,1-4H3,(H,22,32)(H,23,30)(H,24,31)/t14-,15+,17-/m1/s1. The predicted molar refractivity (Wildman–Crippen MR) is 117 cm³/mol. The number of β-amino-alcohol motifs (C(OH)–C–C–N with tert-alkyl or cyclic N) is 1. The van der Waals surface area contributed by atoms with Gasteiger partial charge < -0.3 is 25.6 Å². The van der Waals surface area contributed by atoms with Crippen molar-refractivity contribution in [2.24, 2.45) is 5.41 Å². The topological polar surface area (TPSA) is 162 Å². The molecule has 33 heavy (non-hydrogen) atoms. The first kappa shape index (κ1) is 24.1. The summed E-state index contributed by atoms with van der Waals surface area (Å²) in [5, 5.41) is 23.5. The number of aromatic nitrogens is 4. The maximum atomic E-state index is 13.5. The van der Waals surface area contributed by atoms with E-state index in [1.165, 1.54) is 35.0 Å². The van der Waals surface area contributed by atoms with Crippen LogP contribution in [0.2, 0.25) is 0 Å². The van der Waals surface area contributed by atoms with Crippen LogP contribution in [-0.2, 0) is 16.1 Å². The summed E-state index contributed by atoms with van der Waals surface area (Å²) in [5.74, 6) is -1.08. The minimum atomic E-state index is -0.786. The van der Waals surface area contributed by atoms with E-state index in [9.17, 15) is 24.3 Å². The molecular weight excluding hydrogens is 430 g/mol. The van der Waals surface area contributed by atoms with Crippen LogP contribution in [0.3, 0.4) is 0 Å². The molecule has 1 saturated heterocycles. The summed E-state index contributed by atoms with van der Waals surface area (Å²) in [6, 6.07) is 1.12. The van der Waals surface area contributed by atoms with Crippen molar-refractivity contribution in [3.8, 4) is 0 Å². The van der Waals surface area contributed by atoms with E-state index in [1.54, 1.807) is 6.20 Å². The molecule has 0 radical (unpaired) electrons. The molecule has 0 saturated carbocycles. The molecule has 0 spiro atoms. The lowest BCUT2D eigenvalue weighted by molar-refractivity contribution is -0.144. The molecule has 1 aliphatic heterocycles. The zero-order valence-corrected chi connectivity index (χ0v) is 19.0. The highest BCUT2D eigenvalue weighted by Crippen LogP contribution is 2.34. The average molecular weight is 460 g/mol. The molecule has 12 nitrogen and oxygen atoms in total. The lowest BCUT2D eigenvalue weighted by Crippen LogP contribution is -2.49. The molecule has 3 heterocycles. The van der Waals surface area contributed by atoms with Gasteiger partial charge in [-0.1, -0.05) is 26.0 Å². The number of aromatic amines is 1. The van der Waals surface area contributed by atoms with E-state index < -0.39 is 29.5 Å². The Balaban J connectivity index is 1.77. The Hall–Kier alpha value is -3.54. The van der Waals surface area contributed by atoms with Gasteiger partial charge in [0.25, 0.3) is 5.91 Å². The number of H-pyrrole nitrogens is 1. The lowest BCUT2D eigenvalue weighted by Gasteiger charge is -2.34. The van der Waals surface area contributed by atoms with Crippen LogP contribution < -0.4 is 16.2 Å². The number of aliphatic hydroxyl groups is 1. The lowest BCUT2D eigenvalue weighted by atomic mass is 9.85. The van der Waals surface area contributed by atoms with Crippen molar-refractivity contribution in [2.45, 2.75) is 51.9 Å². The zero-order valence-electron chi connectivity index (χ0n) is 19.0. The molecule has 0 aromatic carbocycles. The normalized spacial score (nSPS) is 19.2. The number of carbonyl (C=O) groups excluding carboxylic acids is 3. The number of amides is 3. The van der Waals surface area contributed by atoms with Gasteiger partial charge in [0.2, 0.25) is 17.4 Å². The monoisotopic (exact) mass is 459 g/mol. The Morgan fingerprint density at radius 2 is 2.03 bits per heavy atom. The number of rotatable bonds is 6. The summed E-state index contributed by atoms with van der Waals surface area (Å²) in [6.45, 7) is 5.73. The van der Waals surface area contributed by atoms with Gasteiger partial charge >= 0.3 is 0 Å². The summed E-state index contributed by atoms with van der Waals surface area (Å²) in [4.78, 5) is 53.0. The van der Waals surface area contributed by atoms with Crippen molar-refractivity contribution < 1.29 is 19.5 Å². The van der Waals surface area contributed by atoms with E-state index in [4.69, 9.17) is 0 Å². The Bertz CT molecular complexity index is 1070. The second kappa shape index (κ2) is 9.53. The molecule has 0 bridgehead atoms. The Morgan fingerprint density at radius 3 is 2.64 bits per heavy atom. The number of carbonyl (C=O) groups is 3. The quantitative estimate of drug-likeness (QED) is 0.439. The number of hydrogen-bond donors (Lipinski definition) is 4. The van der Waals surface area contributed by atoms with Gasteiger partial charge in [0.1, 0.15) is 17.8 Å². The van der Waals surface area contributed by atoms with Gasteiger partial charge in [-0.25, -0.2) is 4.68 Å². The van der Waals surface area contributed by atoms with Crippen LogP contribution in [0, 0.1) is 5.41 Å². The molecule has 0 unspecified atom stereocenters. The summed E-state index contributed by atoms with van der Waals surface area (Å²) in [7, 11) is 1.49. The number of nitrogens with zero attached hydrogens (tertiary/aromatic N) is 4. The maximum Gasteiger partial charge on any atom is 0.253 e. The minimum Gasteiger partial charge on any atom is -0.391 e. The van der Waals surface area contributed by atoms with Gasteiger partial charge in [-0.3, -0.25) is 19.2 Å². The van der Waals surface area contributed by atoms with Crippen molar-refractivity contribution in [1.29, 1.82) is 0 Å². The summed E-state index contributed by atoms with van der Waals surface area (Å²) in [6.07, 6.45) is 2.27. The van der Waals surface area contributed by atoms with Crippen molar-refractivity contribution in [1.82, 2.24) is 35.5 Å². The third-order valence-electron chi connectivity index (χ3n) is 5.46. The van der Waals surface area contributed by atoms with Crippen molar-refractivity contribution in [2.75, 3.05) is 13.6 Å². The number of nitrogens with one attached hydrogen (secondary N) is 3. The molecule has 12 heteroatoms. The molecular formula is C21H29N7O5. The molecule has 1 aliphatic rings. The van der Waals surface area contributed by atoms with E-state index in [0.717, 1.165) is 0 Å². The third-order valence-corrected chi connectivity index (χ3v) is 5.46. The highest BCUT2D eigenvalue weighted by atomic mass is 16.3. The molecule has 178 valence electrons. The first-order valence-electron chi connectivity index (χ1n) is 10.6. The van der Waals surface area contributed by atoms with Crippen molar-refractivity contribution in [3.05, 3.63) is 46.1 Å². The molecule has 3 amide bonds. The van der Waals surface area contributed by atoms with Gasteiger partial charge in [-0.15, -0.1) is 5.10 Å². The highest BCUT2D eigenvalue weighted by Gasteiger charge is 2.44. The van der Waals surface area contributed by atoms with Crippen LogP contribution in [0.1, 0.15) is 49.3 Å². The molecule has 2 aromatic heterocycles. The highest BCUT2D eigenvalue weighted by molar-refractivity contribution is 5.93. The first-order valence-corrected chi connectivity index (χ1v) is 10.6. The molecule has 1 fully saturated rings. The smallest absolute Gasteiger partial charge is 0.253 e. The second-order valence-corrected chi connectivity index (χ2v) is 9.09. The van der Waals surface area contributed by atoms with Gasteiger partial charge in [0.05, 0.1) is 24.4 Å². The Labute approximate surface area is 190 Å². The maximum absolute atomic E-state index is 13.5. The van der Waals surface area contributed by atoms with Crippen LogP contribution in [0.15, 0.2) is 29.3 Å². The van der Waals surface area contributed by atoms with Gasteiger partial charge in [0, 0.05) is 32.3 Å². The second-order valence-electron chi connectivity index (χ2n) is 9.09. The third kappa shape index (κ3) is 5.45. The minimum absolute atomic E-state index is 0.0558. The molecule has 0 aliphatic carbocycles. The number of hydrogen-bond acceptors (Lipinski definition) is 7. The van der Waals surface area contributed by atoms with Crippen LogP contribution in [0.25, 0.3) is 0 Å². The number of pyridine rings is 1. The van der Waals surface area contributed by atoms with Crippen molar-refractivity contribution >= 4 is 17.7 Å². The summed E-state index contributed by atoms with van der Waals surface area (Å²) < 4.78 is 1.43. The van der Waals surface area contributed by atoms with E-state index in [1.807, 2.05) is 20.8 Å². The Morgan fingerprint density at radius 1 is 1.30 bits per heavy atom. The fourth-order valence-corrected chi connectivity index (χ4v) is 3.86. The van der Waals surface area contributed by atoms with E-state index in [0.29, 0.717) is 5.69 Å². The van der Waals surface area contributed by atoms with Crippen molar-refractivity contribution in [3.63, 3.8) is 0 Å². The first-order chi connectivity index (χ1) is 15.5. The number of aliphatic hydroxyl groups excluding tert-OH is 1. The SMILES string of the molecule is CNC(=O)[C@@H]1C[C@@H](O)CN1C(=O)[C@@H](n1cc(CNC(=O)c2ccc(=O)[nH]c2)nn1)C(C)(C)C. The Kier molecular flexibility index (Phi) is 6.96. The van der Waals surface area contributed by atoms with Crippen LogP contribution >= 0.6 is 0 Å². The molecule has 3 rings (SSSR count). The van der Waals surface area contributed by atoms with Crippen LogP contribution in [0.4, 0.5) is 0 Å². The van der Waals surface area contributed by atoms with E-state index >= 15 is 0 Å². The van der Waals surface area contributed by atoms with Gasteiger partial charge in [-0.2, -0.15) is 0 Å². The van der Waals surface area contributed by atoms with Crippen LogP contribution in [-0.4, -0.2) is 73.4 Å². The fourth-order valence-electron chi connectivity index (χ4n) is 3.86. The van der Waals surface area contributed by atoms with Gasteiger partial charge in [0.15, 0.2) is 0 Å². The van der Waals surface area contributed by atoms with E-state index in [-0.39, 0.29) is 42.4 Å². The number of likely N-dealkylation sites (N-methyl/N-ethyl adjacent to an activating group) is 1. The summed E-state index contributed by atoms with van der Waals surface area (Å²) >= 11 is 0. The molecule has 3 atom stereocenters. The largest absolute Gasteiger partial charge is 0.391 e.